The first-order valence-electron chi connectivity index (χ1n) is 15.3. The second-order valence-corrected chi connectivity index (χ2v) is 12.7. The molecule has 3 aromatic heterocycles. The molecule has 0 aliphatic heterocycles. The number of nitrogens with zero attached hydrogens (tertiary/aromatic N) is 2. The maximum absolute atomic E-state index is 4.90. The minimum Gasteiger partial charge on any atom is -0.308 e. The average molecular weight is 593 g/mol. The number of hydrogen-bond acceptors (Lipinski definition) is 2. The lowest BCUT2D eigenvalue weighted by Crippen LogP contribution is -1.87. The summed E-state index contributed by atoms with van der Waals surface area (Å²) in [6, 6.07) is 46.2. The van der Waals surface area contributed by atoms with Gasteiger partial charge in [0.15, 0.2) is 0 Å². The van der Waals surface area contributed by atoms with Crippen molar-refractivity contribution in [1.82, 2.24) is 4.40 Å². The summed E-state index contributed by atoms with van der Waals surface area (Å²) in [6.07, 6.45) is 6.89. The number of aromatic nitrogens is 1. The van der Waals surface area contributed by atoms with E-state index < -0.39 is 0 Å². The van der Waals surface area contributed by atoms with E-state index in [-0.39, 0.29) is 0 Å². The number of thiophene rings is 1. The van der Waals surface area contributed by atoms with Crippen LogP contribution in [0, 0.1) is 0 Å². The fraction of sp³-hybridized carbons (Fsp3) is 0.0238. The van der Waals surface area contributed by atoms with Gasteiger partial charge in [-0.25, -0.2) is 4.99 Å². The maximum atomic E-state index is 4.90. The first-order valence-corrected chi connectivity index (χ1v) is 16.1. The van der Waals surface area contributed by atoms with Gasteiger partial charge in [-0.1, -0.05) is 97.6 Å². The maximum Gasteiger partial charge on any atom is 0.0651 e. The molecule has 0 amide bonds. The zero-order valence-electron chi connectivity index (χ0n) is 24.6. The average Bonchev–Trinajstić information content (AvgIpc) is 3.74. The van der Waals surface area contributed by atoms with Crippen molar-refractivity contribution >= 4 is 81.0 Å². The number of fused-ring (bicyclic) bond motifs is 9. The Kier molecular flexibility index (Phi) is 5.93. The number of allylic oxidation sites excluding steroid dienone is 3. The van der Waals surface area contributed by atoms with E-state index in [2.05, 4.69) is 144 Å². The molecule has 3 heteroatoms. The molecule has 9 aromatic rings. The van der Waals surface area contributed by atoms with E-state index >= 15 is 0 Å². The van der Waals surface area contributed by atoms with Gasteiger partial charge in [0, 0.05) is 41.7 Å². The Morgan fingerprint density at radius 1 is 0.622 bits per heavy atom. The highest BCUT2D eigenvalue weighted by molar-refractivity contribution is 7.25. The molecule has 6 aromatic carbocycles. The fourth-order valence-electron chi connectivity index (χ4n) is 6.86. The van der Waals surface area contributed by atoms with Gasteiger partial charge < -0.3 is 4.40 Å². The van der Waals surface area contributed by atoms with E-state index in [0.29, 0.717) is 0 Å². The van der Waals surface area contributed by atoms with E-state index in [9.17, 15) is 0 Å². The summed E-state index contributed by atoms with van der Waals surface area (Å²) in [4.78, 5) is 4.90. The lowest BCUT2D eigenvalue weighted by Gasteiger charge is -2.05. The lowest BCUT2D eigenvalue weighted by atomic mass is 9.98. The predicted molar refractivity (Wildman–Crippen MR) is 196 cm³/mol. The molecule has 0 unspecified atom stereocenters. The van der Waals surface area contributed by atoms with E-state index in [4.69, 9.17) is 4.99 Å². The molecule has 0 N–H and O–H groups in total. The highest BCUT2D eigenvalue weighted by Gasteiger charge is 2.18. The fourth-order valence-corrected chi connectivity index (χ4v) is 8.04. The number of benzene rings is 6. The quantitative estimate of drug-likeness (QED) is 0.171. The summed E-state index contributed by atoms with van der Waals surface area (Å²) >= 11 is 1.83. The van der Waals surface area contributed by atoms with Gasteiger partial charge in [-0.3, -0.25) is 0 Å². The molecule has 0 aliphatic carbocycles. The molecular formula is C42H28N2S. The van der Waals surface area contributed by atoms with E-state index in [1.165, 1.54) is 75.0 Å². The largest absolute Gasteiger partial charge is 0.308 e. The highest BCUT2D eigenvalue weighted by atomic mass is 32.1. The van der Waals surface area contributed by atoms with Gasteiger partial charge in [-0.2, -0.15) is 0 Å². The van der Waals surface area contributed by atoms with Crippen LogP contribution in [0.2, 0.25) is 0 Å². The molecule has 9 rings (SSSR count). The molecule has 0 atom stereocenters. The Morgan fingerprint density at radius 2 is 1.27 bits per heavy atom. The van der Waals surface area contributed by atoms with Gasteiger partial charge in [0.1, 0.15) is 0 Å². The molecule has 0 radical (unpaired) electrons. The molecule has 45 heavy (non-hydrogen) atoms. The van der Waals surface area contributed by atoms with Crippen LogP contribution in [0.25, 0.3) is 69.4 Å². The molecule has 0 saturated heterocycles. The molecule has 0 aliphatic rings. The van der Waals surface area contributed by atoms with E-state index in [0.717, 1.165) is 17.8 Å². The first kappa shape index (κ1) is 25.9. The van der Waals surface area contributed by atoms with E-state index in [1.54, 1.807) is 0 Å². The summed E-state index contributed by atoms with van der Waals surface area (Å²) in [6.45, 7) is 4.00. The third kappa shape index (κ3) is 4.20. The van der Waals surface area contributed by atoms with Crippen molar-refractivity contribution in [3.8, 4) is 11.1 Å². The van der Waals surface area contributed by atoms with Crippen LogP contribution in [0.1, 0.15) is 5.56 Å². The van der Waals surface area contributed by atoms with Crippen molar-refractivity contribution in [1.29, 1.82) is 0 Å². The number of rotatable bonds is 6. The minimum absolute atomic E-state index is 0.861. The molecular weight excluding hydrogens is 565 g/mol. The van der Waals surface area contributed by atoms with Gasteiger partial charge in [-0.05, 0) is 77.7 Å². The van der Waals surface area contributed by atoms with Crippen LogP contribution in [0.3, 0.4) is 0 Å². The van der Waals surface area contributed by atoms with Crippen molar-refractivity contribution in [2.45, 2.75) is 6.42 Å². The van der Waals surface area contributed by atoms with Crippen LogP contribution in [-0.4, -0.2) is 10.1 Å². The Morgan fingerprint density at radius 3 is 1.98 bits per heavy atom. The Hall–Kier alpha value is -5.51. The highest BCUT2D eigenvalue weighted by Crippen LogP contribution is 2.43. The smallest absolute Gasteiger partial charge is 0.0651 e. The second kappa shape index (κ2) is 10.3. The summed E-state index contributed by atoms with van der Waals surface area (Å²) in [7, 11) is 0. The molecule has 0 bridgehead atoms. The number of para-hydroxylation sites is 2. The normalized spacial score (nSPS) is 12.7. The summed E-state index contributed by atoms with van der Waals surface area (Å²) in [5.74, 6) is 0. The Balaban J connectivity index is 1.12. The molecule has 0 spiro atoms. The van der Waals surface area contributed by atoms with Crippen molar-refractivity contribution in [3.05, 3.63) is 158 Å². The zero-order valence-corrected chi connectivity index (χ0v) is 25.4. The minimum atomic E-state index is 0.861. The predicted octanol–water partition coefficient (Wildman–Crippen LogP) is 11.9. The summed E-state index contributed by atoms with van der Waals surface area (Å²) in [5.41, 5.74) is 9.41. The molecule has 0 saturated carbocycles. The standard InChI is InChI=1S/C42H28N2S/c1-2-30(14-10-13-27-11-4-3-5-12-27)43-31-20-22-35-34-21-19-28(25-40(34)45-41(35)26-31)29-23-36-32-15-6-8-17-38(32)44-39-18-9-7-16-33(39)37(24-29)42(36)44/h2-12,14-26H,1,13H2/b14-10-,43-30?. The SMILES string of the molecule is C=CC(/C=C\Cc1ccccc1)=Nc1ccc2c(c1)sc1cc(-c3cc4c5ccccc5n5c6ccccc6c(c3)c45)ccc12. The van der Waals surface area contributed by atoms with Gasteiger partial charge in [0.2, 0.25) is 0 Å². The first-order chi connectivity index (χ1) is 22.2. The van der Waals surface area contributed by atoms with Crippen molar-refractivity contribution in [2.24, 2.45) is 4.99 Å². The van der Waals surface area contributed by atoms with Gasteiger partial charge in [0.25, 0.3) is 0 Å². The van der Waals surface area contributed by atoms with Gasteiger partial charge >= 0.3 is 0 Å². The topological polar surface area (TPSA) is 16.8 Å². The molecule has 212 valence electrons. The Bertz CT molecular complexity index is 2550. The number of aliphatic imine (C=N–C) groups is 1. The lowest BCUT2D eigenvalue weighted by molar-refractivity contribution is 1.27. The second-order valence-electron chi connectivity index (χ2n) is 11.6. The van der Waals surface area contributed by atoms with Gasteiger partial charge in [0.05, 0.1) is 27.9 Å². The van der Waals surface area contributed by atoms with Crippen LogP contribution < -0.4 is 0 Å². The van der Waals surface area contributed by atoms with Crippen LogP contribution in [0.5, 0.6) is 0 Å². The van der Waals surface area contributed by atoms with Crippen molar-refractivity contribution in [2.75, 3.05) is 0 Å². The van der Waals surface area contributed by atoms with Gasteiger partial charge in [-0.15, -0.1) is 11.3 Å². The van der Waals surface area contributed by atoms with Crippen LogP contribution in [0.4, 0.5) is 5.69 Å². The monoisotopic (exact) mass is 592 g/mol. The molecule has 0 fully saturated rings. The third-order valence-corrected chi connectivity index (χ3v) is 10.1. The Labute approximate surface area is 264 Å². The molecule has 2 nitrogen and oxygen atoms in total. The van der Waals surface area contributed by atoms with Crippen LogP contribution >= 0.6 is 11.3 Å². The number of hydrogen-bond donors (Lipinski definition) is 0. The van der Waals surface area contributed by atoms with Crippen molar-refractivity contribution in [3.63, 3.8) is 0 Å². The van der Waals surface area contributed by atoms with Crippen molar-refractivity contribution < 1.29 is 0 Å². The van der Waals surface area contributed by atoms with Crippen LogP contribution in [-0.2, 0) is 6.42 Å². The third-order valence-electron chi connectivity index (χ3n) is 8.95. The van der Waals surface area contributed by atoms with Crippen LogP contribution in [0.15, 0.2) is 157 Å². The summed E-state index contributed by atoms with van der Waals surface area (Å²) in [5, 5.41) is 7.78. The molecule has 3 heterocycles. The summed E-state index contributed by atoms with van der Waals surface area (Å²) < 4.78 is 4.96. The van der Waals surface area contributed by atoms with E-state index in [1.807, 2.05) is 23.5 Å². The zero-order chi connectivity index (χ0) is 29.9.